The molecule has 0 aliphatic carbocycles. The lowest BCUT2D eigenvalue weighted by atomic mass is 9.83. The van der Waals surface area contributed by atoms with Gasteiger partial charge < -0.3 is 0 Å². The Labute approximate surface area is 359 Å². The highest BCUT2D eigenvalue weighted by Gasteiger charge is 2.24. The summed E-state index contributed by atoms with van der Waals surface area (Å²) in [5, 5.41) is 11.8. The van der Waals surface area contributed by atoms with E-state index in [9.17, 15) is 0 Å². The van der Waals surface area contributed by atoms with Gasteiger partial charge in [0.1, 0.15) is 0 Å². The van der Waals surface area contributed by atoms with Crippen molar-refractivity contribution in [3.05, 3.63) is 224 Å². The summed E-state index contributed by atoms with van der Waals surface area (Å²) in [5.74, 6) is 1.87. The minimum absolute atomic E-state index is 0.622. The standard InChI is InChI=1S/C59H37N3/c1-3-19-38(20-4-1)42-25-11-17-33-51(42)57-60-58(52-34-18-12-26-43(52)39-21-5-2-6-22-39)62-59(61-57)56-48-31-15-13-29-46(48)55(47-30-14-16-32-49(47)56)54-45-28-10-8-24-41(45)37-53-44-27-9-7-23-40(44)35-36-50(53)54/h1-37H. The molecule has 288 valence electrons. The van der Waals surface area contributed by atoms with Gasteiger partial charge in [-0.15, -0.1) is 0 Å². The van der Waals surface area contributed by atoms with Gasteiger partial charge in [-0.1, -0.05) is 218 Å². The molecule has 0 radical (unpaired) electrons. The van der Waals surface area contributed by atoms with Gasteiger partial charge in [0.15, 0.2) is 17.5 Å². The van der Waals surface area contributed by atoms with Crippen molar-refractivity contribution in [1.29, 1.82) is 0 Å². The zero-order valence-corrected chi connectivity index (χ0v) is 33.7. The lowest BCUT2D eigenvalue weighted by Crippen LogP contribution is -2.03. The van der Waals surface area contributed by atoms with Crippen molar-refractivity contribution in [1.82, 2.24) is 15.0 Å². The molecule has 0 unspecified atom stereocenters. The molecule has 0 aliphatic heterocycles. The summed E-state index contributed by atoms with van der Waals surface area (Å²) >= 11 is 0. The number of hydrogen-bond donors (Lipinski definition) is 0. The molecule has 11 aromatic carbocycles. The van der Waals surface area contributed by atoms with Crippen LogP contribution in [0.2, 0.25) is 0 Å². The van der Waals surface area contributed by atoms with Crippen molar-refractivity contribution >= 4 is 53.9 Å². The first kappa shape index (κ1) is 35.7. The third-order valence-electron chi connectivity index (χ3n) is 12.3. The SMILES string of the molecule is c1ccc(-c2ccccc2-c2nc(-c3ccccc3-c3ccccc3)nc(-c3c4ccccc4c(-c4c5ccccc5cc5c4ccc4ccccc45)c4ccccc34)n2)cc1. The number of nitrogens with zero attached hydrogens (tertiary/aromatic N) is 3. The van der Waals surface area contributed by atoms with Crippen LogP contribution in [0.5, 0.6) is 0 Å². The lowest BCUT2D eigenvalue weighted by molar-refractivity contribution is 1.08. The molecule has 0 spiro atoms. The molecule has 62 heavy (non-hydrogen) atoms. The van der Waals surface area contributed by atoms with Gasteiger partial charge in [-0.3, -0.25) is 0 Å². The second-order valence-electron chi connectivity index (χ2n) is 15.8. The first-order chi connectivity index (χ1) is 30.8. The molecule has 3 nitrogen and oxygen atoms in total. The largest absolute Gasteiger partial charge is 0.208 e. The number of benzene rings is 11. The van der Waals surface area contributed by atoms with E-state index >= 15 is 0 Å². The van der Waals surface area contributed by atoms with E-state index in [4.69, 9.17) is 15.0 Å². The van der Waals surface area contributed by atoms with Crippen LogP contribution in [0, 0.1) is 0 Å². The average Bonchev–Trinajstić information content (AvgIpc) is 3.35. The summed E-state index contributed by atoms with van der Waals surface area (Å²) in [6.07, 6.45) is 0. The molecule has 1 heterocycles. The van der Waals surface area contributed by atoms with Crippen molar-refractivity contribution in [3.63, 3.8) is 0 Å². The lowest BCUT2D eigenvalue weighted by Gasteiger charge is -2.21. The Morgan fingerprint density at radius 2 is 0.581 bits per heavy atom. The molecule has 0 N–H and O–H groups in total. The average molecular weight is 788 g/mol. The number of rotatable bonds is 6. The topological polar surface area (TPSA) is 38.7 Å². The van der Waals surface area contributed by atoms with Crippen LogP contribution in [-0.2, 0) is 0 Å². The molecule has 0 fully saturated rings. The Balaban J connectivity index is 1.20. The van der Waals surface area contributed by atoms with E-state index in [1.807, 2.05) is 0 Å². The van der Waals surface area contributed by atoms with Crippen LogP contribution in [0.1, 0.15) is 0 Å². The number of aromatic nitrogens is 3. The van der Waals surface area contributed by atoms with Crippen LogP contribution in [0.3, 0.4) is 0 Å². The first-order valence-electron chi connectivity index (χ1n) is 21.1. The van der Waals surface area contributed by atoms with Gasteiger partial charge in [-0.25, -0.2) is 15.0 Å². The van der Waals surface area contributed by atoms with E-state index in [1.54, 1.807) is 0 Å². The fraction of sp³-hybridized carbons (Fsp3) is 0. The Hall–Kier alpha value is -8.27. The van der Waals surface area contributed by atoms with Gasteiger partial charge in [0.25, 0.3) is 0 Å². The molecule has 0 amide bonds. The molecule has 0 saturated carbocycles. The van der Waals surface area contributed by atoms with Crippen molar-refractivity contribution < 1.29 is 0 Å². The second kappa shape index (κ2) is 14.8. The van der Waals surface area contributed by atoms with E-state index in [1.165, 1.54) is 43.4 Å². The maximum Gasteiger partial charge on any atom is 0.165 e. The van der Waals surface area contributed by atoms with E-state index in [-0.39, 0.29) is 0 Å². The Morgan fingerprint density at radius 1 is 0.210 bits per heavy atom. The maximum atomic E-state index is 5.50. The normalized spacial score (nSPS) is 11.5. The second-order valence-corrected chi connectivity index (χ2v) is 15.8. The fourth-order valence-electron chi connectivity index (χ4n) is 9.55. The highest BCUT2D eigenvalue weighted by Crippen LogP contribution is 2.48. The zero-order valence-electron chi connectivity index (χ0n) is 33.7. The monoisotopic (exact) mass is 787 g/mol. The fourth-order valence-corrected chi connectivity index (χ4v) is 9.55. The summed E-state index contributed by atoms with van der Waals surface area (Å²) in [6.45, 7) is 0. The number of fused-ring (bicyclic) bond motifs is 6. The van der Waals surface area contributed by atoms with Crippen molar-refractivity contribution in [3.8, 4) is 67.5 Å². The molecule has 0 aliphatic rings. The highest BCUT2D eigenvalue weighted by atomic mass is 15.0. The van der Waals surface area contributed by atoms with Gasteiger partial charge in [-0.05, 0) is 93.3 Å². The quantitative estimate of drug-likeness (QED) is 0.124. The predicted octanol–water partition coefficient (Wildman–Crippen LogP) is 15.6. The summed E-state index contributed by atoms with van der Waals surface area (Å²) < 4.78 is 0. The predicted molar refractivity (Wildman–Crippen MR) is 260 cm³/mol. The summed E-state index contributed by atoms with van der Waals surface area (Å²) in [4.78, 5) is 16.4. The van der Waals surface area contributed by atoms with Crippen LogP contribution < -0.4 is 0 Å². The molecule has 3 heteroatoms. The van der Waals surface area contributed by atoms with Gasteiger partial charge >= 0.3 is 0 Å². The van der Waals surface area contributed by atoms with Crippen LogP contribution in [-0.4, -0.2) is 15.0 Å². The minimum atomic E-state index is 0.622. The Kier molecular flexibility index (Phi) is 8.50. The summed E-state index contributed by atoms with van der Waals surface area (Å²) in [6, 6.07) is 79.9. The van der Waals surface area contributed by atoms with E-state index < -0.39 is 0 Å². The summed E-state index contributed by atoms with van der Waals surface area (Å²) in [7, 11) is 0. The van der Waals surface area contributed by atoms with E-state index in [2.05, 4.69) is 224 Å². The minimum Gasteiger partial charge on any atom is -0.208 e. The molecule has 1 aromatic heterocycles. The maximum absolute atomic E-state index is 5.50. The number of hydrogen-bond acceptors (Lipinski definition) is 3. The van der Waals surface area contributed by atoms with Crippen molar-refractivity contribution in [2.75, 3.05) is 0 Å². The van der Waals surface area contributed by atoms with Gasteiger partial charge in [0.05, 0.1) is 0 Å². The smallest absolute Gasteiger partial charge is 0.165 e. The molecular formula is C59H37N3. The van der Waals surface area contributed by atoms with Crippen LogP contribution in [0.25, 0.3) is 121 Å². The molecule has 0 saturated heterocycles. The Morgan fingerprint density at radius 3 is 1.13 bits per heavy atom. The summed E-state index contributed by atoms with van der Waals surface area (Å²) in [5.41, 5.74) is 9.64. The van der Waals surface area contributed by atoms with Crippen LogP contribution >= 0.6 is 0 Å². The Bertz CT molecular complexity index is 3530. The molecular weight excluding hydrogens is 751 g/mol. The van der Waals surface area contributed by atoms with Gasteiger partial charge in [0, 0.05) is 16.7 Å². The molecule has 12 rings (SSSR count). The van der Waals surface area contributed by atoms with Crippen LogP contribution in [0.4, 0.5) is 0 Å². The molecule has 0 bridgehead atoms. The third-order valence-corrected chi connectivity index (χ3v) is 12.3. The molecule has 0 atom stereocenters. The van der Waals surface area contributed by atoms with Crippen molar-refractivity contribution in [2.45, 2.75) is 0 Å². The molecule has 12 aromatic rings. The van der Waals surface area contributed by atoms with E-state index in [0.717, 1.165) is 60.5 Å². The van der Waals surface area contributed by atoms with Gasteiger partial charge in [0.2, 0.25) is 0 Å². The zero-order chi connectivity index (χ0) is 41.0. The van der Waals surface area contributed by atoms with Crippen molar-refractivity contribution in [2.24, 2.45) is 0 Å². The van der Waals surface area contributed by atoms with Crippen LogP contribution in [0.15, 0.2) is 224 Å². The van der Waals surface area contributed by atoms with E-state index in [0.29, 0.717) is 17.5 Å². The first-order valence-corrected chi connectivity index (χ1v) is 21.1. The highest BCUT2D eigenvalue weighted by molar-refractivity contribution is 6.29. The third kappa shape index (κ3) is 5.86. The van der Waals surface area contributed by atoms with Gasteiger partial charge in [-0.2, -0.15) is 0 Å².